The summed E-state index contributed by atoms with van der Waals surface area (Å²) in [6.45, 7) is 7.41. The van der Waals surface area contributed by atoms with Crippen LogP contribution < -0.4 is 0 Å². The second-order valence-electron chi connectivity index (χ2n) is 5.70. The molecule has 2 atom stereocenters. The third-order valence-corrected chi connectivity index (χ3v) is 6.35. The largest absolute Gasteiger partial charge is 0.244 e. The topological polar surface area (TPSA) is 37.4 Å². The van der Waals surface area contributed by atoms with Gasteiger partial charge in [0.1, 0.15) is 0 Å². The lowest BCUT2D eigenvalue weighted by Crippen LogP contribution is -2.42. The zero-order chi connectivity index (χ0) is 14.2. The maximum absolute atomic E-state index is 12.7. The molecule has 1 aromatic carbocycles. The fourth-order valence-corrected chi connectivity index (χ4v) is 5.59. The van der Waals surface area contributed by atoms with Gasteiger partial charge in [-0.25, -0.2) is 8.42 Å². The van der Waals surface area contributed by atoms with Crippen LogP contribution in [0, 0.1) is 18.8 Å². The van der Waals surface area contributed by atoms with Crippen LogP contribution in [0.3, 0.4) is 0 Å². The third kappa shape index (κ3) is 3.20. The van der Waals surface area contributed by atoms with E-state index < -0.39 is 10.0 Å². The Morgan fingerprint density at radius 2 is 1.79 bits per heavy atom. The normalized spacial score (nSPS) is 25.5. The van der Waals surface area contributed by atoms with Crippen molar-refractivity contribution in [3.63, 3.8) is 0 Å². The van der Waals surface area contributed by atoms with Gasteiger partial charge in [0, 0.05) is 17.6 Å². The fraction of sp³-hybridized carbons (Fsp3) is 0.571. The van der Waals surface area contributed by atoms with Crippen LogP contribution in [-0.4, -0.2) is 25.8 Å². The summed E-state index contributed by atoms with van der Waals surface area (Å²) < 4.78 is 27.7. The maximum atomic E-state index is 12.7. The average molecular weight is 346 g/mol. The number of nitrogens with zero attached hydrogens (tertiary/aromatic N) is 1. The molecule has 5 heteroatoms. The number of benzene rings is 1. The molecule has 0 bridgehead atoms. The van der Waals surface area contributed by atoms with Gasteiger partial charge in [0.05, 0.1) is 4.90 Å². The van der Waals surface area contributed by atoms with Gasteiger partial charge in [-0.15, -0.1) is 0 Å². The Balaban J connectivity index is 2.36. The summed E-state index contributed by atoms with van der Waals surface area (Å²) in [7, 11) is -3.39. The summed E-state index contributed by atoms with van der Waals surface area (Å²) in [5, 5.41) is 0. The first-order valence-corrected chi connectivity index (χ1v) is 8.80. The predicted molar refractivity (Wildman–Crippen MR) is 80.6 cm³/mol. The van der Waals surface area contributed by atoms with E-state index in [4.69, 9.17) is 0 Å². The number of halogens is 1. The highest BCUT2D eigenvalue weighted by molar-refractivity contribution is 9.10. The van der Waals surface area contributed by atoms with Crippen LogP contribution in [0.25, 0.3) is 0 Å². The molecule has 3 nitrogen and oxygen atoms in total. The van der Waals surface area contributed by atoms with E-state index in [-0.39, 0.29) is 0 Å². The number of aryl methyl sites for hydroxylation is 1. The first kappa shape index (κ1) is 15.0. The van der Waals surface area contributed by atoms with Crippen LogP contribution in [0.1, 0.15) is 25.8 Å². The van der Waals surface area contributed by atoms with E-state index in [0.717, 1.165) is 12.0 Å². The van der Waals surface area contributed by atoms with Crippen LogP contribution in [0.2, 0.25) is 0 Å². The van der Waals surface area contributed by atoms with Crippen LogP contribution in [0.4, 0.5) is 0 Å². The molecule has 0 aliphatic carbocycles. The Bertz CT molecular complexity index is 561. The minimum atomic E-state index is -3.39. The molecule has 1 fully saturated rings. The van der Waals surface area contributed by atoms with Gasteiger partial charge in [0.15, 0.2) is 0 Å². The smallest absolute Gasteiger partial charge is 0.207 e. The van der Waals surface area contributed by atoms with Crippen molar-refractivity contribution in [3.8, 4) is 0 Å². The van der Waals surface area contributed by atoms with Gasteiger partial charge in [0.2, 0.25) is 10.0 Å². The lowest BCUT2D eigenvalue weighted by atomic mass is 9.94. The number of piperidine rings is 1. The molecule has 1 saturated heterocycles. The van der Waals surface area contributed by atoms with Crippen molar-refractivity contribution < 1.29 is 8.42 Å². The molecule has 0 spiro atoms. The second-order valence-corrected chi connectivity index (χ2v) is 8.46. The monoisotopic (exact) mass is 345 g/mol. The van der Waals surface area contributed by atoms with Gasteiger partial charge >= 0.3 is 0 Å². The van der Waals surface area contributed by atoms with Crippen molar-refractivity contribution in [2.45, 2.75) is 32.1 Å². The first-order chi connectivity index (χ1) is 8.80. The zero-order valence-corrected chi connectivity index (χ0v) is 14.0. The molecule has 2 unspecified atom stereocenters. The Hall–Kier alpha value is -0.390. The summed E-state index contributed by atoms with van der Waals surface area (Å²) in [5.41, 5.74) is 1.05. The van der Waals surface area contributed by atoms with E-state index in [1.165, 1.54) is 0 Å². The lowest BCUT2D eigenvalue weighted by Gasteiger charge is -2.34. The van der Waals surface area contributed by atoms with E-state index in [9.17, 15) is 8.42 Å². The summed E-state index contributed by atoms with van der Waals surface area (Å²) in [6, 6.07) is 5.39. The fourth-order valence-electron chi connectivity index (χ4n) is 2.76. The molecule has 1 aliphatic heterocycles. The summed E-state index contributed by atoms with van der Waals surface area (Å²) >= 11 is 3.37. The maximum Gasteiger partial charge on any atom is 0.244 e. The molecule has 2 rings (SSSR count). The SMILES string of the molecule is Cc1ccc(S(=O)(=O)N2CC(C)CC(C)C2)c(Br)c1. The predicted octanol–water partition coefficient (Wildman–Crippen LogP) is 3.42. The van der Waals surface area contributed by atoms with E-state index in [0.29, 0.717) is 34.3 Å². The molecular weight excluding hydrogens is 326 g/mol. The highest BCUT2D eigenvalue weighted by Gasteiger charge is 2.32. The van der Waals surface area contributed by atoms with Gasteiger partial charge in [0.25, 0.3) is 0 Å². The van der Waals surface area contributed by atoms with Crippen LogP contribution >= 0.6 is 15.9 Å². The number of sulfonamides is 1. The van der Waals surface area contributed by atoms with Gasteiger partial charge < -0.3 is 0 Å². The van der Waals surface area contributed by atoms with Crippen molar-refractivity contribution in [1.82, 2.24) is 4.31 Å². The molecule has 19 heavy (non-hydrogen) atoms. The van der Waals surface area contributed by atoms with Crippen molar-refractivity contribution >= 4 is 26.0 Å². The standard InChI is InChI=1S/C14H20BrNO2S/c1-10-4-5-14(13(15)7-10)19(17,18)16-8-11(2)6-12(3)9-16/h4-5,7,11-12H,6,8-9H2,1-3H3. The Morgan fingerprint density at radius 3 is 2.32 bits per heavy atom. The number of rotatable bonds is 2. The van der Waals surface area contributed by atoms with E-state index in [1.807, 2.05) is 19.1 Å². The molecular formula is C14H20BrNO2S. The van der Waals surface area contributed by atoms with Crippen molar-refractivity contribution in [2.75, 3.05) is 13.1 Å². The van der Waals surface area contributed by atoms with Gasteiger partial charge in [-0.2, -0.15) is 4.31 Å². The summed E-state index contributed by atoms with van der Waals surface area (Å²) in [4.78, 5) is 0.374. The van der Waals surface area contributed by atoms with Crippen LogP contribution in [0.15, 0.2) is 27.6 Å². The molecule has 0 amide bonds. The summed E-state index contributed by atoms with van der Waals surface area (Å²) in [5.74, 6) is 0.838. The first-order valence-electron chi connectivity index (χ1n) is 6.57. The quantitative estimate of drug-likeness (QED) is 0.823. The molecule has 106 valence electrons. The second kappa shape index (κ2) is 5.54. The Morgan fingerprint density at radius 1 is 1.21 bits per heavy atom. The molecule has 0 radical (unpaired) electrons. The van der Waals surface area contributed by atoms with E-state index >= 15 is 0 Å². The van der Waals surface area contributed by atoms with E-state index in [2.05, 4.69) is 29.8 Å². The Labute approximate surface area is 124 Å². The molecule has 1 heterocycles. The third-order valence-electron chi connectivity index (χ3n) is 3.54. The van der Waals surface area contributed by atoms with Crippen molar-refractivity contribution in [2.24, 2.45) is 11.8 Å². The molecule has 0 aromatic heterocycles. The minimum Gasteiger partial charge on any atom is -0.207 e. The number of hydrogen-bond donors (Lipinski definition) is 0. The molecule has 0 N–H and O–H groups in total. The minimum absolute atomic E-state index is 0.374. The molecule has 1 aromatic rings. The number of hydrogen-bond acceptors (Lipinski definition) is 2. The lowest BCUT2D eigenvalue weighted by molar-refractivity contribution is 0.222. The van der Waals surface area contributed by atoms with Crippen molar-refractivity contribution in [3.05, 3.63) is 28.2 Å². The average Bonchev–Trinajstić information content (AvgIpc) is 2.26. The molecule has 1 aliphatic rings. The summed E-state index contributed by atoms with van der Waals surface area (Å²) in [6.07, 6.45) is 1.10. The van der Waals surface area contributed by atoms with Crippen LogP contribution in [-0.2, 0) is 10.0 Å². The van der Waals surface area contributed by atoms with E-state index in [1.54, 1.807) is 10.4 Å². The van der Waals surface area contributed by atoms with Crippen molar-refractivity contribution in [1.29, 1.82) is 0 Å². The van der Waals surface area contributed by atoms with Gasteiger partial charge in [-0.1, -0.05) is 19.9 Å². The Kier molecular flexibility index (Phi) is 4.38. The molecule has 0 saturated carbocycles. The van der Waals surface area contributed by atoms with Crippen LogP contribution in [0.5, 0.6) is 0 Å². The van der Waals surface area contributed by atoms with Gasteiger partial charge in [-0.3, -0.25) is 0 Å². The highest BCUT2D eigenvalue weighted by atomic mass is 79.9. The highest BCUT2D eigenvalue weighted by Crippen LogP contribution is 2.30. The van der Waals surface area contributed by atoms with Gasteiger partial charge in [-0.05, 0) is 58.8 Å². The zero-order valence-electron chi connectivity index (χ0n) is 11.6.